The molecule has 7 heteroatoms. The Balaban J connectivity index is 2.93. The molecule has 0 saturated carbocycles. The molecule has 1 aromatic heterocycles. The van der Waals surface area contributed by atoms with Crippen LogP contribution in [-0.2, 0) is 4.79 Å². The van der Waals surface area contributed by atoms with Crippen molar-refractivity contribution in [1.29, 1.82) is 5.26 Å². The van der Waals surface area contributed by atoms with Crippen LogP contribution < -0.4 is 4.74 Å². The van der Waals surface area contributed by atoms with Crippen LogP contribution in [0, 0.1) is 41.9 Å². The SMILES string of the molecule is CC#CC(=O)N(CC)CC(C)[C@H](CC)COc1cc(N=CN(C)C)c(C#N)nc1C. The number of aryl methyl sites for hydroxylation is 1. The lowest BCUT2D eigenvalue weighted by Crippen LogP contribution is -2.37. The van der Waals surface area contributed by atoms with Crippen LogP contribution in [0.15, 0.2) is 11.1 Å². The fraction of sp³-hybridized carbons (Fsp3) is 0.565. The third kappa shape index (κ3) is 7.40. The molecule has 1 unspecified atom stereocenters. The van der Waals surface area contributed by atoms with Crippen LogP contribution in [0.25, 0.3) is 0 Å². The van der Waals surface area contributed by atoms with Crippen LogP contribution in [0.2, 0.25) is 0 Å². The van der Waals surface area contributed by atoms with Crippen molar-refractivity contribution in [2.24, 2.45) is 16.8 Å². The van der Waals surface area contributed by atoms with Crippen LogP contribution in [0.3, 0.4) is 0 Å². The predicted molar refractivity (Wildman–Crippen MR) is 120 cm³/mol. The average Bonchev–Trinajstić information content (AvgIpc) is 2.71. The molecule has 0 aromatic carbocycles. The lowest BCUT2D eigenvalue weighted by Gasteiger charge is -2.28. The Morgan fingerprint density at radius 3 is 2.63 bits per heavy atom. The zero-order valence-corrected chi connectivity index (χ0v) is 19.2. The van der Waals surface area contributed by atoms with Gasteiger partial charge in [-0.05, 0) is 44.9 Å². The second kappa shape index (κ2) is 12.5. The van der Waals surface area contributed by atoms with E-state index in [1.165, 1.54) is 0 Å². The summed E-state index contributed by atoms with van der Waals surface area (Å²) in [7, 11) is 3.72. The van der Waals surface area contributed by atoms with Gasteiger partial charge in [0, 0.05) is 33.3 Å². The van der Waals surface area contributed by atoms with Gasteiger partial charge in [-0.3, -0.25) is 4.79 Å². The Kier molecular flexibility index (Phi) is 10.4. The minimum Gasteiger partial charge on any atom is -0.491 e. The number of hydrogen-bond donors (Lipinski definition) is 0. The Labute approximate surface area is 180 Å². The summed E-state index contributed by atoms with van der Waals surface area (Å²) in [5, 5.41) is 9.34. The first-order valence-electron chi connectivity index (χ1n) is 10.2. The van der Waals surface area contributed by atoms with Gasteiger partial charge in [-0.2, -0.15) is 5.26 Å². The molecule has 162 valence electrons. The van der Waals surface area contributed by atoms with E-state index in [9.17, 15) is 10.1 Å². The van der Waals surface area contributed by atoms with Crippen molar-refractivity contribution in [2.75, 3.05) is 33.8 Å². The number of aliphatic imine (C=N–C) groups is 1. The van der Waals surface area contributed by atoms with Crippen LogP contribution in [0.5, 0.6) is 5.75 Å². The van der Waals surface area contributed by atoms with E-state index in [2.05, 4.69) is 41.7 Å². The first-order chi connectivity index (χ1) is 14.3. The van der Waals surface area contributed by atoms with E-state index in [4.69, 9.17) is 4.74 Å². The standard InChI is InChI=1S/C23H33N5O2/c1-8-11-23(29)28(10-3)14-17(4)19(9-2)15-30-22-12-20(25-16-27(6)7)21(13-24)26-18(22)5/h12,16-17,19H,9-10,14-15H2,1-7H3/t17?,19-/m1/s1. The summed E-state index contributed by atoms with van der Waals surface area (Å²) in [6, 6.07) is 3.84. The molecule has 0 aliphatic rings. The van der Waals surface area contributed by atoms with Crippen molar-refractivity contribution in [2.45, 2.75) is 41.0 Å². The third-order valence-corrected chi connectivity index (χ3v) is 4.87. The van der Waals surface area contributed by atoms with Gasteiger partial charge < -0.3 is 14.5 Å². The smallest absolute Gasteiger partial charge is 0.298 e. The topological polar surface area (TPSA) is 81.8 Å². The van der Waals surface area contributed by atoms with Crippen molar-refractivity contribution in [3.63, 3.8) is 0 Å². The van der Waals surface area contributed by atoms with Crippen molar-refractivity contribution in [3.05, 3.63) is 17.5 Å². The van der Waals surface area contributed by atoms with Crippen molar-refractivity contribution in [1.82, 2.24) is 14.8 Å². The highest BCUT2D eigenvalue weighted by Gasteiger charge is 2.21. The van der Waals surface area contributed by atoms with Gasteiger partial charge in [0.2, 0.25) is 0 Å². The Bertz CT molecular complexity index is 846. The number of aromatic nitrogens is 1. The summed E-state index contributed by atoms with van der Waals surface area (Å²) in [6.07, 6.45) is 2.55. The number of carbonyl (C=O) groups is 1. The average molecular weight is 412 g/mol. The largest absolute Gasteiger partial charge is 0.491 e. The first-order valence-corrected chi connectivity index (χ1v) is 10.2. The molecular formula is C23H33N5O2. The van der Waals surface area contributed by atoms with E-state index in [0.29, 0.717) is 36.8 Å². The number of hydrogen-bond acceptors (Lipinski definition) is 5. The number of ether oxygens (including phenoxy) is 1. The summed E-state index contributed by atoms with van der Waals surface area (Å²) in [5.74, 6) is 6.27. The van der Waals surface area contributed by atoms with Gasteiger partial charge in [-0.15, -0.1) is 0 Å². The highest BCUT2D eigenvalue weighted by Crippen LogP contribution is 2.27. The fourth-order valence-electron chi connectivity index (χ4n) is 3.00. The molecule has 0 aliphatic carbocycles. The van der Waals surface area contributed by atoms with Gasteiger partial charge in [-0.25, -0.2) is 9.98 Å². The van der Waals surface area contributed by atoms with E-state index in [-0.39, 0.29) is 23.4 Å². The summed E-state index contributed by atoms with van der Waals surface area (Å²) in [6.45, 7) is 11.4. The second-order valence-corrected chi connectivity index (χ2v) is 7.44. The molecular weight excluding hydrogens is 378 g/mol. The van der Waals surface area contributed by atoms with Gasteiger partial charge >= 0.3 is 0 Å². The van der Waals surface area contributed by atoms with Crippen molar-refractivity contribution in [3.8, 4) is 23.7 Å². The van der Waals surface area contributed by atoms with E-state index in [0.717, 1.165) is 6.42 Å². The lowest BCUT2D eigenvalue weighted by molar-refractivity contribution is -0.125. The van der Waals surface area contributed by atoms with Crippen LogP contribution in [0.4, 0.5) is 5.69 Å². The van der Waals surface area contributed by atoms with E-state index >= 15 is 0 Å². The molecule has 1 heterocycles. The van der Waals surface area contributed by atoms with E-state index < -0.39 is 0 Å². The maximum absolute atomic E-state index is 12.1. The lowest BCUT2D eigenvalue weighted by atomic mass is 9.91. The molecule has 30 heavy (non-hydrogen) atoms. The number of amides is 1. The normalized spacial score (nSPS) is 12.5. The van der Waals surface area contributed by atoms with Crippen molar-refractivity contribution >= 4 is 17.9 Å². The molecule has 0 radical (unpaired) electrons. The molecule has 0 spiro atoms. The molecule has 1 rings (SSSR count). The molecule has 1 amide bonds. The molecule has 0 fully saturated rings. The number of nitriles is 1. The number of pyridine rings is 1. The zero-order valence-electron chi connectivity index (χ0n) is 19.2. The Morgan fingerprint density at radius 1 is 1.40 bits per heavy atom. The van der Waals surface area contributed by atoms with Gasteiger partial charge in [0.05, 0.1) is 18.6 Å². The van der Waals surface area contributed by atoms with Crippen LogP contribution in [-0.4, -0.2) is 60.8 Å². The monoisotopic (exact) mass is 411 g/mol. The maximum Gasteiger partial charge on any atom is 0.298 e. The molecule has 1 aromatic rings. The number of carbonyl (C=O) groups excluding carboxylic acids is 1. The summed E-state index contributed by atoms with van der Waals surface area (Å²) < 4.78 is 6.09. The molecule has 0 saturated heterocycles. The van der Waals surface area contributed by atoms with Gasteiger partial charge in [-0.1, -0.05) is 19.8 Å². The highest BCUT2D eigenvalue weighted by molar-refractivity contribution is 5.93. The van der Waals surface area contributed by atoms with Gasteiger partial charge in [0.1, 0.15) is 17.5 Å². The molecule has 0 N–H and O–H groups in total. The van der Waals surface area contributed by atoms with E-state index in [1.807, 2.05) is 27.9 Å². The Hall–Kier alpha value is -3.06. The minimum absolute atomic E-state index is 0.141. The third-order valence-electron chi connectivity index (χ3n) is 4.87. The van der Waals surface area contributed by atoms with Gasteiger partial charge in [0.15, 0.2) is 5.69 Å². The number of nitrogens with zero attached hydrogens (tertiary/aromatic N) is 5. The minimum atomic E-state index is -0.141. The molecule has 0 bridgehead atoms. The van der Waals surface area contributed by atoms with Crippen molar-refractivity contribution < 1.29 is 9.53 Å². The van der Waals surface area contributed by atoms with Crippen LogP contribution in [0.1, 0.15) is 45.5 Å². The fourth-order valence-corrected chi connectivity index (χ4v) is 3.00. The summed E-state index contributed by atoms with van der Waals surface area (Å²) >= 11 is 0. The highest BCUT2D eigenvalue weighted by atomic mass is 16.5. The first kappa shape index (κ1) is 25.0. The second-order valence-electron chi connectivity index (χ2n) is 7.44. The molecule has 2 atom stereocenters. The summed E-state index contributed by atoms with van der Waals surface area (Å²) in [5.41, 5.74) is 1.41. The van der Waals surface area contributed by atoms with Crippen LogP contribution >= 0.6 is 0 Å². The maximum atomic E-state index is 12.1. The predicted octanol–water partition coefficient (Wildman–Crippen LogP) is 3.40. The molecule has 7 nitrogen and oxygen atoms in total. The quantitative estimate of drug-likeness (QED) is 0.335. The molecule has 0 aliphatic heterocycles. The zero-order chi connectivity index (χ0) is 22.7. The van der Waals surface area contributed by atoms with Gasteiger partial charge in [0.25, 0.3) is 5.91 Å². The summed E-state index contributed by atoms with van der Waals surface area (Å²) in [4.78, 5) is 24.3. The van der Waals surface area contributed by atoms with E-state index in [1.54, 1.807) is 29.1 Å². The Morgan fingerprint density at radius 2 is 2.10 bits per heavy atom. The number of rotatable bonds is 10.